The molecule has 0 bridgehead atoms. The molecule has 5 heteroatoms. The quantitative estimate of drug-likeness (QED) is 0.629. The van der Waals surface area contributed by atoms with Crippen molar-refractivity contribution in [2.75, 3.05) is 12.3 Å². The smallest absolute Gasteiger partial charge is 0.214 e. The molecule has 0 aromatic heterocycles. The highest BCUT2D eigenvalue weighted by Crippen LogP contribution is 1.97. The van der Waals surface area contributed by atoms with Crippen molar-refractivity contribution < 1.29 is 8.42 Å². The van der Waals surface area contributed by atoms with Gasteiger partial charge in [0.25, 0.3) is 0 Å². The van der Waals surface area contributed by atoms with Crippen molar-refractivity contribution >= 4 is 10.0 Å². The Morgan fingerprint density at radius 3 is 2.54 bits per heavy atom. The second kappa shape index (κ2) is 6.87. The molecule has 0 aromatic carbocycles. The second-order valence-electron chi connectivity index (χ2n) is 2.87. The van der Waals surface area contributed by atoms with Crippen molar-refractivity contribution in [1.29, 1.82) is 5.26 Å². The van der Waals surface area contributed by atoms with E-state index in [2.05, 4.69) is 11.6 Å². The molecule has 0 amide bonds. The summed E-state index contributed by atoms with van der Waals surface area (Å²) in [6.07, 6.45) is 4.13. The van der Waals surface area contributed by atoms with Crippen molar-refractivity contribution in [2.45, 2.75) is 32.6 Å². The third kappa shape index (κ3) is 7.75. The Balaban J connectivity index is 3.48. The summed E-state index contributed by atoms with van der Waals surface area (Å²) in [4.78, 5) is 0. The van der Waals surface area contributed by atoms with Crippen molar-refractivity contribution in [2.24, 2.45) is 0 Å². The number of nitriles is 1. The van der Waals surface area contributed by atoms with Crippen LogP contribution in [-0.4, -0.2) is 20.7 Å². The highest BCUT2D eigenvalue weighted by atomic mass is 32.2. The number of nitrogens with one attached hydrogen (secondary N) is 1. The van der Waals surface area contributed by atoms with Crippen molar-refractivity contribution in [1.82, 2.24) is 4.72 Å². The number of nitrogens with zero attached hydrogens (tertiary/aromatic N) is 1. The van der Waals surface area contributed by atoms with Crippen LogP contribution in [0, 0.1) is 11.3 Å². The van der Waals surface area contributed by atoms with Crippen LogP contribution in [0.2, 0.25) is 0 Å². The molecule has 0 spiro atoms. The molecule has 0 heterocycles. The lowest BCUT2D eigenvalue weighted by Gasteiger charge is -2.02. The summed E-state index contributed by atoms with van der Waals surface area (Å²) in [6.45, 7) is 2.55. The standard InChI is InChI=1S/C8H16N2O2S/c1-2-3-4-5-7-10-13(11,12)8-6-9/h10H,2-5,7-8H2,1H3. The Hall–Kier alpha value is -0.600. The van der Waals surface area contributed by atoms with Crippen molar-refractivity contribution in [3.63, 3.8) is 0 Å². The largest absolute Gasteiger partial charge is 0.225 e. The molecule has 0 saturated carbocycles. The van der Waals surface area contributed by atoms with Gasteiger partial charge < -0.3 is 0 Å². The highest BCUT2D eigenvalue weighted by molar-refractivity contribution is 7.89. The maximum atomic E-state index is 10.9. The summed E-state index contributed by atoms with van der Waals surface area (Å²) in [5.74, 6) is -0.444. The minimum atomic E-state index is -3.33. The fourth-order valence-corrected chi connectivity index (χ4v) is 1.64. The Morgan fingerprint density at radius 2 is 2.00 bits per heavy atom. The predicted molar refractivity (Wildman–Crippen MR) is 51.5 cm³/mol. The maximum Gasteiger partial charge on any atom is 0.225 e. The van der Waals surface area contributed by atoms with E-state index >= 15 is 0 Å². The topological polar surface area (TPSA) is 70.0 Å². The average Bonchev–Trinajstić information content (AvgIpc) is 2.04. The molecule has 0 aliphatic heterocycles. The predicted octanol–water partition coefficient (Wildman–Crippen LogP) is 1.01. The lowest BCUT2D eigenvalue weighted by Crippen LogP contribution is -2.26. The summed E-state index contributed by atoms with van der Waals surface area (Å²) in [5.41, 5.74) is 0. The van der Waals surface area contributed by atoms with Gasteiger partial charge in [0.05, 0.1) is 6.07 Å². The van der Waals surface area contributed by atoms with E-state index in [1.807, 2.05) is 0 Å². The Labute approximate surface area is 80.0 Å². The Kier molecular flexibility index (Phi) is 6.55. The first-order chi connectivity index (χ1) is 6.12. The SMILES string of the molecule is CCCCCCNS(=O)(=O)CC#N. The molecule has 0 fully saturated rings. The molecule has 0 atom stereocenters. The molecule has 76 valence electrons. The summed E-state index contributed by atoms with van der Waals surface area (Å²) >= 11 is 0. The molecule has 0 saturated heterocycles. The number of rotatable bonds is 7. The molecule has 0 aliphatic rings. The van der Waals surface area contributed by atoms with Crippen molar-refractivity contribution in [3.05, 3.63) is 0 Å². The molecular formula is C8H16N2O2S. The van der Waals surface area contributed by atoms with Crippen LogP contribution in [-0.2, 0) is 10.0 Å². The third-order valence-corrected chi connectivity index (χ3v) is 2.76. The van der Waals surface area contributed by atoms with Crippen LogP contribution in [0.1, 0.15) is 32.6 Å². The van der Waals surface area contributed by atoms with Gasteiger partial charge in [-0.25, -0.2) is 13.1 Å². The van der Waals surface area contributed by atoms with Gasteiger partial charge in [-0.3, -0.25) is 0 Å². The van der Waals surface area contributed by atoms with Crippen LogP contribution >= 0.6 is 0 Å². The molecule has 0 unspecified atom stereocenters. The summed E-state index contributed by atoms with van der Waals surface area (Å²) in [5, 5.41) is 8.17. The van der Waals surface area contributed by atoms with E-state index in [4.69, 9.17) is 5.26 Å². The number of hydrogen-bond donors (Lipinski definition) is 1. The van der Waals surface area contributed by atoms with Gasteiger partial charge in [-0.2, -0.15) is 5.26 Å². The Morgan fingerprint density at radius 1 is 1.31 bits per heavy atom. The van der Waals surface area contributed by atoms with E-state index in [0.717, 1.165) is 25.7 Å². The van der Waals surface area contributed by atoms with Crippen LogP contribution in [0.15, 0.2) is 0 Å². The molecular weight excluding hydrogens is 188 g/mol. The summed E-state index contributed by atoms with van der Waals surface area (Å²) < 4.78 is 24.2. The lowest BCUT2D eigenvalue weighted by molar-refractivity contribution is 0.577. The highest BCUT2D eigenvalue weighted by Gasteiger charge is 2.06. The zero-order valence-corrected chi connectivity index (χ0v) is 8.73. The lowest BCUT2D eigenvalue weighted by atomic mass is 10.2. The van der Waals surface area contributed by atoms with Crippen LogP contribution < -0.4 is 4.72 Å². The van der Waals surface area contributed by atoms with Crippen molar-refractivity contribution in [3.8, 4) is 6.07 Å². The van der Waals surface area contributed by atoms with E-state index in [0.29, 0.717) is 6.54 Å². The number of hydrogen-bond acceptors (Lipinski definition) is 3. The molecule has 1 N–H and O–H groups in total. The van der Waals surface area contributed by atoms with Crippen LogP contribution in [0.3, 0.4) is 0 Å². The van der Waals surface area contributed by atoms with Gasteiger partial charge >= 0.3 is 0 Å². The van der Waals surface area contributed by atoms with E-state index in [1.165, 1.54) is 0 Å². The summed E-state index contributed by atoms with van der Waals surface area (Å²) in [7, 11) is -3.33. The summed E-state index contributed by atoms with van der Waals surface area (Å²) in [6, 6.07) is 1.61. The van der Waals surface area contributed by atoms with Gasteiger partial charge in [-0.05, 0) is 6.42 Å². The zero-order chi connectivity index (χ0) is 10.2. The van der Waals surface area contributed by atoms with E-state index in [9.17, 15) is 8.42 Å². The maximum absolute atomic E-state index is 10.9. The second-order valence-corrected chi connectivity index (χ2v) is 4.68. The molecule has 0 aromatic rings. The molecule has 0 aliphatic carbocycles. The molecule has 13 heavy (non-hydrogen) atoms. The first-order valence-corrected chi connectivity index (χ1v) is 6.12. The van der Waals surface area contributed by atoms with Gasteiger partial charge in [0.15, 0.2) is 5.75 Å². The normalized spacial score (nSPS) is 11.1. The van der Waals surface area contributed by atoms with Gasteiger partial charge in [0, 0.05) is 6.54 Å². The fourth-order valence-electron chi connectivity index (χ4n) is 0.915. The van der Waals surface area contributed by atoms with Gasteiger partial charge in [-0.1, -0.05) is 26.2 Å². The van der Waals surface area contributed by atoms with E-state index < -0.39 is 15.8 Å². The van der Waals surface area contributed by atoms with Crippen LogP contribution in [0.5, 0.6) is 0 Å². The minimum Gasteiger partial charge on any atom is -0.214 e. The molecule has 4 nitrogen and oxygen atoms in total. The first-order valence-electron chi connectivity index (χ1n) is 4.46. The number of sulfonamides is 1. The molecule has 0 radical (unpaired) electrons. The minimum absolute atomic E-state index is 0.444. The fraction of sp³-hybridized carbons (Fsp3) is 0.875. The zero-order valence-electron chi connectivity index (χ0n) is 7.91. The first kappa shape index (κ1) is 12.4. The molecule has 0 rings (SSSR count). The monoisotopic (exact) mass is 204 g/mol. The van der Waals surface area contributed by atoms with Gasteiger partial charge in [0.2, 0.25) is 10.0 Å². The van der Waals surface area contributed by atoms with Gasteiger partial charge in [-0.15, -0.1) is 0 Å². The third-order valence-electron chi connectivity index (χ3n) is 1.61. The van der Waals surface area contributed by atoms with Gasteiger partial charge in [0.1, 0.15) is 0 Å². The number of unbranched alkanes of at least 4 members (excludes halogenated alkanes) is 3. The van der Waals surface area contributed by atoms with E-state index in [1.54, 1.807) is 6.07 Å². The average molecular weight is 204 g/mol. The Bertz CT molecular complexity index is 254. The van der Waals surface area contributed by atoms with Crippen LogP contribution in [0.4, 0.5) is 0 Å². The van der Waals surface area contributed by atoms with Crippen LogP contribution in [0.25, 0.3) is 0 Å². The van der Waals surface area contributed by atoms with E-state index in [-0.39, 0.29) is 0 Å².